The Morgan fingerprint density at radius 1 is 1.17 bits per heavy atom. The van der Waals surface area contributed by atoms with Crippen molar-refractivity contribution in [2.24, 2.45) is 0 Å². The zero-order chi connectivity index (χ0) is 13.0. The van der Waals surface area contributed by atoms with E-state index in [1.54, 1.807) is 0 Å². The second kappa shape index (κ2) is 5.96. The molecule has 1 aromatic heterocycles. The SMILES string of the molecule is CCCc1cc(NC)nc(-c2ccc(Br)cc2)n1. The van der Waals surface area contributed by atoms with Gasteiger partial charge in [0.1, 0.15) is 5.82 Å². The van der Waals surface area contributed by atoms with E-state index in [-0.39, 0.29) is 0 Å². The Morgan fingerprint density at radius 3 is 2.50 bits per heavy atom. The third-order valence-electron chi connectivity index (χ3n) is 2.64. The Hall–Kier alpha value is -1.42. The first-order valence-corrected chi connectivity index (χ1v) is 6.84. The standard InChI is InChI=1S/C14H16BrN3/c1-3-4-12-9-13(16-2)18-14(17-12)10-5-7-11(15)8-6-10/h5-9H,3-4H2,1-2H3,(H,16,17,18). The van der Waals surface area contributed by atoms with Gasteiger partial charge in [0.15, 0.2) is 5.82 Å². The fraction of sp³-hybridized carbons (Fsp3) is 0.286. The molecule has 0 atom stereocenters. The first-order chi connectivity index (χ1) is 8.72. The molecule has 0 aliphatic heterocycles. The minimum Gasteiger partial charge on any atom is -0.373 e. The van der Waals surface area contributed by atoms with Crippen LogP contribution in [0.15, 0.2) is 34.8 Å². The molecule has 3 nitrogen and oxygen atoms in total. The van der Waals surface area contributed by atoms with E-state index in [1.165, 1.54) is 0 Å². The number of aryl methyl sites for hydroxylation is 1. The second-order valence-electron chi connectivity index (χ2n) is 4.08. The van der Waals surface area contributed by atoms with Crippen molar-refractivity contribution in [2.45, 2.75) is 19.8 Å². The Bertz CT molecular complexity index is 523. The number of halogens is 1. The molecule has 0 aliphatic rings. The van der Waals surface area contributed by atoms with Crippen molar-refractivity contribution >= 4 is 21.7 Å². The van der Waals surface area contributed by atoms with Crippen LogP contribution in [0.4, 0.5) is 5.82 Å². The van der Waals surface area contributed by atoms with Gasteiger partial charge in [-0.25, -0.2) is 9.97 Å². The normalized spacial score (nSPS) is 10.4. The summed E-state index contributed by atoms with van der Waals surface area (Å²) >= 11 is 3.43. The summed E-state index contributed by atoms with van der Waals surface area (Å²) < 4.78 is 1.06. The van der Waals surface area contributed by atoms with Gasteiger partial charge in [-0.3, -0.25) is 0 Å². The van der Waals surface area contributed by atoms with E-state index in [9.17, 15) is 0 Å². The summed E-state index contributed by atoms with van der Waals surface area (Å²) in [5.74, 6) is 1.64. The molecule has 94 valence electrons. The largest absolute Gasteiger partial charge is 0.373 e. The van der Waals surface area contributed by atoms with Gasteiger partial charge < -0.3 is 5.32 Å². The maximum atomic E-state index is 4.60. The number of aromatic nitrogens is 2. The van der Waals surface area contributed by atoms with Gasteiger partial charge in [-0.1, -0.05) is 41.4 Å². The number of anilines is 1. The van der Waals surface area contributed by atoms with Crippen LogP contribution < -0.4 is 5.32 Å². The molecular weight excluding hydrogens is 290 g/mol. The molecule has 2 aromatic rings. The molecule has 0 aliphatic carbocycles. The zero-order valence-corrected chi connectivity index (χ0v) is 12.2. The van der Waals surface area contributed by atoms with Crippen LogP contribution in [0.1, 0.15) is 19.0 Å². The third-order valence-corrected chi connectivity index (χ3v) is 3.17. The molecule has 0 fully saturated rings. The Kier molecular flexibility index (Phi) is 4.31. The lowest BCUT2D eigenvalue weighted by Crippen LogP contribution is -2.00. The summed E-state index contributed by atoms with van der Waals surface area (Å²) in [4.78, 5) is 9.10. The van der Waals surface area contributed by atoms with E-state index in [2.05, 4.69) is 38.1 Å². The van der Waals surface area contributed by atoms with E-state index in [4.69, 9.17) is 0 Å². The molecule has 0 saturated carbocycles. The highest BCUT2D eigenvalue weighted by Crippen LogP contribution is 2.20. The van der Waals surface area contributed by atoms with Crippen LogP contribution in [0, 0.1) is 0 Å². The lowest BCUT2D eigenvalue weighted by molar-refractivity contribution is 0.876. The van der Waals surface area contributed by atoms with E-state index in [1.807, 2.05) is 37.4 Å². The van der Waals surface area contributed by atoms with Crippen LogP contribution in [-0.4, -0.2) is 17.0 Å². The molecule has 1 aromatic carbocycles. The summed E-state index contributed by atoms with van der Waals surface area (Å²) in [6.07, 6.45) is 2.06. The quantitative estimate of drug-likeness (QED) is 0.931. The van der Waals surface area contributed by atoms with Gasteiger partial charge in [-0.2, -0.15) is 0 Å². The summed E-state index contributed by atoms with van der Waals surface area (Å²) in [7, 11) is 1.88. The van der Waals surface area contributed by atoms with Crippen molar-refractivity contribution in [1.29, 1.82) is 0 Å². The lowest BCUT2D eigenvalue weighted by atomic mass is 10.2. The molecule has 0 radical (unpaired) electrons. The molecule has 0 bridgehead atoms. The molecule has 4 heteroatoms. The van der Waals surface area contributed by atoms with Gasteiger partial charge in [0.05, 0.1) is 0 Å². The van der Waals surface area contributed by atoms with Crippen molar-refractivity contribution in [1.82, 2.24) is 9.97 Å². The summed E-state index contributed by atoms with van der Waals surface area (Å²) in [5.41, 5.74) is 2.11. The summed E-state index contributed by atoms with van der Waals surface area (Å²) in [6, 6.07) is 10.1. The first kappa shape index (κ1) is 13.0. The average Bonchev–Trinajstić information content (AvgIpc) is 2.39. The number of nitrogens with one attached hydrogen (secondary N) is 1. The van der Waals surface area contributed by atoms with Crippen molar-refractivity contribution in [3.63, 3.8) is 0 Å². The van der Waals surface area contributed by atoms with Crippen molar-refractivity contribution in [2.75, 3.05) is 12.4 Å². The predicted octanol–water partition coefficient (Wildman–Crippen LogP) is 3.90. The maximum Gasteiger partial charge on any atom is 0.161 e. The monoisotopic (exact) mass is 305 g/mol. The highest BCUT2D eigenvalue weighted by atomic mass is 79.9. The minimum absolute atomic E-state index is 0.776. The van der Waals surface area contributed by atoms with Crippen molar-refractivity contribution in [3.8, 4) is 11.4 Å². The molecule has 2 rings (SSSR count). The number of benzene rings is 1. The second-order valence-corrected chi connectivity index (χ2v) is 4.99. The van der Waals surface area contributed by atoms with Gasteiger partial charge >= 0.3 is 0 Å². The van der Waals surface area contributed by atoms with Crippen LogP contribution in [-0.2, 0) is 6.42 Å². The van der Waals surface area contributed by atoms with Crippen LogP contribution in [0.3, 0.4) is 0 Å². The predicted molar refractivity (Wildman–Crippen MR) is 78.7 cm³/mol. The van der Waals surface area contributed by atoms with Crippen molar-refractivity contribution in [3.05, 3.63) is 40.5 Å². The molecule has 1 heterocycles. The molecule has 0 spiro atoms. The number of rotatable bonds is 4. The fourth-order valence-corrected chi connectivity index (χ4v) is 2.00. The molecule has 0 amide bonds. The van der Waals surface area contributed by atoms with Gasteiger partial charge in [-0.15, -0.1) is 0 Å². The molecule has 18 heavy (non-hydrogen) atoms. The van der Waals surface area contributed by atoms with Crippen LogP contribution in [0.5, 0.6) is 0 Å². The molecular formula is C14H16BrN3. The molecule has 1 N–H and O–H groups in total. The van der Waals surface area contributed by atoms with E-state index in [0.717, 1.165) is 40.2 Å². The first-order valence-electron chi connectivity index (χ1n) is 6.04. The fourth-order valence-electron chi connectivity index (χ4n) is 1.74. The number of nitrogens with zero attached hydrogens (tertiary/aromatic N) is 2. The summed E-state index contributed by atoms with van der Waals surface area (Å²) in [5, 5.41) is 3.09. The maximum absolute atomic E-state index is 4.60. The van der Waals surface area contributed by atoms with Crippen LogP contribution >= 0.6 is 15.9 Å². The Morgan fingerprint density at radius 2 is 1.89 bits per heavy atom. The van der Waals surface area contributed by atoms with Crippen LogP contribution in [0.25, 0.3) is 11.4 Å². The smallest absolute Gasteiger partial charge is 0.161 e. The van der Waals surface area contributed by atoms with Gasteiger partial charge in [0.2, 0.25) is 0 Å². The zero-order valence-electron chi connectivity index (χ0n) is 10.6. The van der Waals surface area contributed by atoms with E-state index >= 15 is 0 Å². The highest BCUT2D eigenvalue weighted by molar-refractivity contribution is 9.10. The Labute approximate surface area is 116 Å². The Balaban J connectivity index is 2.42. The van der Waals surface area contributed by atoms with Gasteiger partial charge in [0.25, 0.3) is 0 Å². The highest BCUT2D eigenvalue weighted by Gasteiger charge is 2.05. The van der Waals surface area contributed by atoms with Crippen LogP contribution in [0.2, 0.25) is 0 Å². The van der Waals surface area contributed by atoms with E-state index < -0.39 is 0 Å². The topological polar surface area (TPSA) is 37.8 Å². The van der Waals surface area contributed by atoms with Crippen molar-refractivity contribution < 1.29 is 0 Å². The van der Waals surface area contributed by atoms with Gasteiger partial charge in [-0.05, 0) is 18.6 Å². The molecule has 0 unspecified atom stereocenters. The number of hydrogen-bond donors (Lipinski definition) is 1. The minimum atomic E-state index is 0.776. The third kappa shape index (κ3) is 3.07. The molecule has 0 saturated heterocycles. The van der Waals surface area contributed by atoms with Gasteiger partial charge in [0, 0.05) is 28.8 Å². The summed E-state index contributed by atoms with van der Waals surface area (Å²) in [6.45, 7) is 2.15. The average molecular weight is 306 g/mol. The lowest BCUT2D eigenvalue weighted by Gasteiger charge is -2.07. The number of hydrogen-bond acceptors (Lipinski definition) is 3. The van der Waals surface area contributed by atoms with E-state index in [0.29, 0.717) is 0 Å².